The topological polar surface area (TPSA) is 171 Å². The molecule has 13 nitrogen and oxygen atoms in total. The first-order valence-corrected chi connectivity index (χ1v) is 19.0. The number of nitrogens with one attached hydrogen (secondary N) is 2. The predicted molar refractivity (Wildman–Crippen MR) is 181 cm³/mol. The molecule has 2 saturated heterocycles. The Morgan fingerprint density at radius 3 is 2.47 bits per heavy atom. The maximum Gasteiger partial charge on any atom is 0.407 e. The molecular formula is C34H43ClN6O7S. The van der Waals surface area contributed by atoms with Gasteiger partial charge in [0.15, 0.2) is 5.03 Å². The number of sulfonamides is 1. The zero-order valence-electron chi connectivity index (χ0n) is 27.8. The number of ether oxygens (including phenoxy) is 1. The maximum atomic E-state index is 13.1. The fourth-order valence-corrected chi connectivity index (χ4v) is 10.1. The van der Waals surface area contributed by atoms with E-state index < -0.39 is 33.7 Å². The number of anilines is 2. The lowest BCUT2D eigenvalue weighted by Crippen LogP contribution is -2.41. The summed E-state index contributed by atoms with van der Waals surface area (Å²) in [6.07, 6.45) is 7.80. The van der Waals surface area contributed by atoms with Crippen LogP contribution in [0.2, 0.25) is 5.15 Å². The Labute approximate surface area is 291 Å². The highest BCUT2D eigenvalue weighted by Gasteiger charge is 2.85. The van der Waals surface area contributed by atoms with Gasteiger partial charge < -0.3 is 20.1 Å². The Morgan fingerprint density at radius 1 is 1.08 bits per heavy atom. The van der Waals surface area contributed by atoms with Crippen molar-refractivity contribution in [1.82, 2.24) is 19.6 Å². The Bertz CT molecular complexity index is 1760. The molecule has 2 atom stereocenters. The summed E-state index contributed by atoms with van der Waals surface area (Å²) < 4.78 is 34.2. The molecule has 264 valence electrons. The van der Waals surface area contributed by atoms with Crippen LogP contribution in [0.3, 0.4) is 0 Å². The molecule has 3 saturated carbocycles. The summed E-state index contributed by atoms with van der Waals surface area (Å²) in [6.45, 7) is 5.83. The van der Waals surface area contributed by atoms with Crippen LogP contribution in [0.25, 0.3) is 0 Å². The summed E-state index contributed by atoms with van der Waals surface area (Å²) in [7, 11) is -4.36. The molecule has 2 aliphatic heterocycles. The summed E-state index contributed by atoms with van der Waals surface area (Å²) in [4.78, 5) is 49.0. The van der Waals surface area contributed by atoms with Crippen molar-refractivity contribution in [2.75, 3.05) is 36.5 Å². The van der Waals surface area contributed by atoms with Gasteiger partial charge in [0.2, 0.25) is 0 Å². The van der Waals surface area contributed by atoms with Crippen LogP contribution in [0.15, 0.2) is 35.4 Å². The van der Waals surface area contributed by atoms with E-state index in [4.69, 9.17) is 16.3 Å². The second-order valence-corrected chi connectivity index (χ2v) is 16.9. The van der Waals surface area contributed by atoms with Crippen molar-refractivity contribution in [2.45, 2.75) is 88.3 Å². The Morgan fingerprint density at radius 2 is 1.82 bits per heavy atom. The number of carbonyl (C=O) groups excluding carboxylic acids is 2. The van der Waals surface area contributed by atoms with Gasteiger partial charge >= 0.3 is 6.09 Å². The first-order chi connectivity index (χ1) is 23.3. The van der Waals surface area contributed by atoms with Crippen LogP contribution in [0.1, 0.15) is 82.0 Å². The summed E-state index contributed by atoms with van der Waals surface area (Å²) in [5.74, 6) is 0.414. The highest BCUT2D eigenvalue weighted by Crippen LogP contribution is 2.93. The quantitative estimate of drug-likeness (QED) is 0.191. The zero-order chi connectivity index (χ0) is 34.8. The molecule has 2 aromatic heterocycles. The number of hydrogen-bond donors (Lipinski definition) is 3. The fraction of sp³-hybridized carbons (Fsp3) is 0.618. The fourth-order valence-electron chi connectivity index (χ4n) is 8.88. The Kier molecular flexibility index (Phi) is 8.58. The van der Waals surface area contributed by atoms with Crippen LogP contribution in [-0.4, -0.2) is 84.2 Å². The molecule has 49 heavy (non-hydrogen) atoms. The number of hydrogen-bond acceptors (Lipinski definition) is 9. The van der Waals surface area contributed by atoms with Gasteiger partial charge in [-0.05, 0) is 112 Å². The molecule has 2 spiro atoms. The average molecular weight is 715 g/mol. The highest BCUT2D eigenvalue weighted by molar-refractivity contribution is 7.90. The number of pyridine rings is 2. The summed E-state index contributed by atoms with van der Waals surface area (Å²) in [6, 6.07) is 7.24. The van der Waals surface area contributed by atoms with Crippen LogP contribution in [-0.2, 0) is 19.6 Å². The lowest BCUT2D eigenvalue weighted by Gasteiger charge is -2.28. The summed E-state index contributed by atoms with van der Waals surface area (Å²) >= 11 is 6.34. The van der Waals surface area contributed by atoms with E-state index in [-0.39, 0.29) is 33.4 Å². The minimum absolute atomic E-state index is 0.160. The van der Waals surface area contributed by atoms with Gasteiger partial charge in [-0.2, -0.15) is 8.42 Å². The van der Waals surface area contributed by atoms with Crippen molar-refractivity contribution >= 4 is 51.2 Å². The molecule has 5 fully saturated rings. The molecule has 15 heteroatoms. The zero-order valence-corrected chi connectivity index (χ0v) is 29.4. The number of likely N-dealkylation sites (tertiary alicyclic amines) is 1. The van der Waals surface area contributed by atoms with Gasteiger partial charge in [-0.3, -0.25) is 14.5 Å². The average Bonchev–Trinajstić information content (AvgIpc) is 4.00. The molecule has 0 aromatic carbocycles. The molecule has 5 aliphatic rings. The van der Waals surface area contributed by atoms with Gasteiger partial charge in [-0.15, -0.1) is 0 Å². The Balaban J connectivity index is 0.891. The van der Waals surface area contributed by atoms with E-state index in [1.54, 1.807) is 6.07 Å². The Hall–Kier alpha value is -3.49. The van der Waals surface area contributed by atoms with Crippen molar-refractivity contribution in [2.24, 2.45) is 22.7 Å². The van der Waals surface area contributed by atoms with Crippen LogP contribution < -0.4 is 14.9 Å². The first kappa shape index (κ1) is 34.0. The number of fused-ring (bicyclic) bond motifs is 1. The minimum atomic E-state index is -4.36. The highest BCUT2D eigenvalue weighted by atomic mass is 35.5. The number of carboxylic acid groups (broad SMARTS) is 1. The number of carbonyl (C=O) groups is 3. The lowest BCUT2D eigenvalue weighted by molar-refractivity contribution is -0.127. The number of nitrogens with zero attached hydrogens (tertiary/aromatic N) is 4. The second-order valence-electron chi connectivity index (χ2n) is 14.9. The first-order valence-electron chi connectivity index (χ1n) is 17.1. The van der Waals surface area contributed by atoms with Gasteiger partial charge in [0.05, 0.1) is 5.56 Å². The number of amides is 3. The van der Waals surface area contributed by atoms with E-state index in [1.165, 1.54) is 59.7 Å². The SMILES string of the molecule is CC1(C)C[C@H](CCCNc2cccc(S(=O)(=O)NC(=O)c3ccc(N4CCC(OCCC5C6(CC6)C56CC6)C4=O)nc3Cl)n2)CN1C(=O)O. The van der Waals surface area contributed by atoms with Crippen LogP contribution >= 0.6 is 11.6 Å². The molecule has 3 amide bonds. The molecular weight excluding hydrogens is 672 g/mol. The van der Waals surface area contributed by atoms with Crippen LogP contribution in [0.4, 0.5) is 16.4 Å². The van der Waals surface area contributed by atoms with E-state index in [0.29, 0.717) is 49.3 Å². The van der Waals surface area contributed by atoms with Crippen LogP contribution in [0.5, 0.6) is 0 Å². The normalized spacial score (nSPS) is 24.4. The van der Waals surface area contributed by atoms with Crippen molar-refractivity contribution < 1.29 is 32.6 Å². The van der Waals surface area contributed by atoms with Crippen LogP contribution in [0, 0.1) is 22.7 Å². The van der Waals surface area contributed by atoms with Gasteiger partial charge in [0.1, 0.15) is 22.9 Å². The summed E-state index contributed by atoms with van der Waals surface area (Å²) in [5.41, 5.74) is 0.655. The maximum absolute atomic E-state index is 13.1. The largest absolute Gasteiger partial charge is 0.465 e. The van der Waals surface area contributed by atoms with Crippen molar-refractivity contribution in [3.63, 3.8) is 0 Å². The third-order valence-electron chi connectivity index (χ3n) is 11.6. The van der Waals surface area contributed by atoms with Crippen molar-refractivity contribution in [1.29, 1.82) is 0 Å². The molecule has 4 heterocycles. The van der Waals surface area contributed by atoms with E-state index >= 15 is 0 Å². The minimum Gasteiger partial charge on any atom is -0.465 e. The molecule has 0 radical (unpaired) electrons. The number of halogens is 1. The van der Waals surface area contributed by atoms with Crippen molar-refractivity contribution in [3.8, 4) is 0 Å². The number of aromatic nitrogens is 2. The monoisotopic (exact) mass is 714 g/mol. The molecule has 0 bridgehead atoms. The van der Waals surface area contributed by atoms with Gasteiger partial charge in [0, 0.05) is 38.2 Å². The summed E-state index contributed by atoms with van der Waals surface area (Å²) in [5, 5.41) is 12.0. The molecule has 3 aliphatic carbocycles. The van der Waals surface area contributed by atoms with Gasteiger partial charge in [0.25, 0.3) is 21.8 Å². The molecule has 7 rings (SSSR count). The molecule has 2 aromatic rings. The third kappa shape index (κ3) is 6.35. The molecule has 1 unspecified atom stereocenters. The lowest BCUT2D eigenvalue weighted by atomic mass is 9.93. The smallest absolute Gasteiger partial charge is 0.407 e. The van der Waals surface area contributed by atoms with Crippen molar-refractivity contribution in [3.05, 3.63) is 41.0 Å². The molecule has 3 N–H and O–H groups in total. The van der Waals surface area contributed by atoms with E-state index in [0.717, 1.165) is 31.6 Å². The van der Waals surface area contributed by atoms with E-state index in [2.05, 4.69) is 15.3 Å². The number of rotatable bonds is 13. The second kappa shape index (κ2) is 12.4. The predicted octanol–water partition coefficient (Wildman–Crippen LogP) is 4.92. The van der Waals surface area contributed by atoms with Gasteiger partial charge in [-0.25, -0.2) is 19.5 Å². The standard InChI is InChI=1S/C34H43ClN6O7S/c1-32(2)19-21(20-41(32)31(44)45)5-4-16-36-25-6-3-7-27(37-25)49(46,47)39-29(42)22-8-9-26(38-28(22)35)40-17-10-23(30(40)43)48-18-11-24-33(12-13-33)34(24)14-15-34/h3,6-9,21,23-24H,4-5,10-20H2,1-2H3,(H,36,37)(H,39,42)(H,44,45)/t21-,23?/m0/s1. The van der Waals surface area contributed by atoms with Gasteiger partial charge in [-0.1, -0.05) is 17.7 Å². The van der Waals surface area contributed by atoms with E-state index in [9.17, 15) is 27.9 Å². The van der Waals surface area contributed by atoms with E-state index in [1.807, 2.05) is 18.6 Å². The third-order valence-corrected chi connectivity index (χ3v) is 13.1.